The van der Waals surface area contributed by atoms with Gasteiger partial charge in [0.1, 0.15) is 5.75 Å². The molecule has 2 fully saturated rings. The van der Waals surface area contributed by atoms with Gasteiger partial charge in [-0.2, -0.15) is 0 Å². The zero-order chi connectivity index (χ0) is 26.7. The number of nitrogens with two attached hydrogens (primary N) is 1. The minimum atomic E-state index is -4.78. The predicted octanol–water partition coefficient (Wildman–Crippen LogP) is 6.72. The number of fused-ring (bicyclic) bond motifs is 1. The molecule has 38 heavy (non-hydrogen) atoms. The second-order valence-corrected chi connectivity index (χ2v) is 10.9. The van der Waals surface area contributed by atoms with Crippen LogP contribution in [-0.2, 0) is 17.8 Å². The number of hydrogen-bond donors (Lipinski definition) is 2. The quantitative estimate of drug-likeness (QED) is 0.359. The summed E-state index contributed by atoms with van der Waals surface area (Å²) in [4.78, 5) is 13.1. The Hall–Kier alpha value is -3.00. The molecular weight excluding hydrogens is 491 g/mol. The largest absolute Gasteiger partial charge is 0.573 e. The zero-order valence-corrected chi connectivity index (χ0v) is 21.6. The Morgan fingerprint density at radius 2 is 1.74 bits per heavy atom. The number of halogens is 3. The maximum absolute atomic E-state index is 13.1. The molecule has 5 nitrogen and oxygen atoms in total. The monoisotopic (exact) mass is 527 g/mol. The van der Waals surface area contributed by atoms with Crippen LogP contribution < -0.4 is 15.8 Å². The van der Waals surface area contributed by atoms with Gasteiger partial charge in [-0.15, -0.1) is 13.2 Å². The van der Waals surface area contributed by atoms with Gasteiger partial charge in [0.25, 0.3) is 0 Å². The number of rotatable bonds is 7. The lowest BCUT2D eigenvalue weighted by atomic mass is 9.89. The molecule has 3 aromatic rings. The van der Waals surface area contributed by atoms with Crippen molar-refractivity contribution in [3.05, 3.63) is 54.2 Å². The number of carbonyl (C=O) groups excluding carboxylic acids is 1. The van der Waals surface area contributed by atoms with Gasteiger partial charge in [0.2, 0.25) is 5.91 Å². The molecule has 3 N–H and O–H groups in total. The van der Waals surface area contributed by atoms with Crippen LogP contribution in [0.3, 0.4) is 0 Å². The first-order valence-corrected chi connectivity index (χ1v) is 13.8. The van der Waals surface area contributed by atoms with Crippen LogP contribution in [0.1, 0.15) is 63.4 Å². The molecule has 204 valence electrons. The smallest absolute Gasteiger partial charge is 0.405 e. The number of hydrogen-bond acceptors (Lipinski definition) is 3. The summed E-state index contributed by atoms with van der Waals surface area (Å²) < 4.78 is 45.7. The number of amides is 1. The van der Waals surface area contributed by atoms with E-state index in [2.05, 4.69) is 20.8 Å². The van der Waals surface area contributed by atoms with E-state index in [4.69, 9.17) is 5.73 Å². The summed E-state index contributed by atoms with van der Waals surface area (Å²) >= 11 is 0. The van der Waals surface area contributed by atoms with E-state index in [-0.39, 0.29) is 30.2 Å². The van der Waals surface area contributed by atoms with E-state index in [0.717, 1.165) is 48.7 Å². The fourth-order valence-electron chi connectivity index (χ4n) is 6.11. The van der Waals surface area contributed by atoms with Gasteiger partial charge < -0.3 is 20.4 Å². The molecule has 0 saturated heterocycles. The summed E-state index contributed by atoms with van der Waals surface area (Å²) in [6.07, 6.45) is 7.25. The predicted molar refractivity (Wildman–Crippen MR) is 143 cm³/mol. The zero-order valence-electron chi connectivity index (χ0n) is 21.6. The SMILES string of the molecule is N[C@H]1CC[C@H](NC(=O)Cc2cn(CC3CCCCC3)c3ccc(-c4ccccc4OC(F)(F)F)cc23)CC1. The maximum atomic E-state index is 13.1. The first-order chi connectivity index (χ1) is 18.2. The number of benzene rings is 2. The molecule has 2 aliphatic carbocycles. The van der Waals surface area contributed by atoms with Gasteiger partial charge in [-0.1, -0.05) is 43.5 Å². The summed E-state index contributed by atoms with van der Waals surface area (Å²) in [5.41, 5.74) is 8.88. The number of nitrogens with zero attached hydrogens (tertiary/aromatic N) is 1. The molecule has 2 aromatic carbocycles. The summed E-state index contributed by atoms with van der Waals surface area (Å²) in [6, 6.07) is 12.2. The van der Waals surface area contributed by atoms with Crippen molar-refractivity contribution in [3.63, 3.8) is 0 Å². The molecule has 2 saturated carbocycles. The van der Waals surface area contributed by atoms with Crippen molar-refractivity contribution < 1.29 is 22.7 Å². The van der Waals surface area contributed by atoms with Crippen LogP contribution in [0.4, 0.5) is 13.2 Å². The molecule has 0 unspecified atom stereocenters. The first-order valence-electron chi connectivity index (χ1n) is 13.8. The van der Waals surface area contributed by atoms with Crippen molar-refractivity contribution in [2.45, 2.75) is 89.2 Å². The molecule has 0 radical (unpaired) electrons. The lowest BCUT2D eigenvalue weighted by molar-refractivity contribution is -0.274. The minimum Gasteiger partial charge on any atom is -0.405 e. The van der Waals surface area contributed by atoms with Crippen LogP contribution in [0.5, 0.6) is 5.75 Å². The normalized spacial score (nSPS) is 20.9. The molecule has 0 spiro atoms. The van der Waals surface area contributed by atoms with Crippen LogP contribution in [-0.4, -0.2) is 28.9 Å². The van der Waals surface area contributed by atoms with Gasteiger partial charge in [0.05, 0.1) is 6.42 Å². The van der Waals surface area contributed by atoms with Crippen LogP contribution in [0.15, 0.2) is 48.7 Å². The third-order valence-electron chi connectivity index (χ3n) is 8.05. The molecule has 1 heterocycles. The molecule has 1 amide bonds. The van der Waals surface area contributed by atoms with Crippen LogP contribution >= 0.6 is 0 Å². The van der Waals surface area contributed by atoms with Gasteiger partial charge in [-0.25, -0.2) is 0 Å². The van der Waals surface area contributed by atoms with Gasteiger partial charge >= 0.3 is 6.36 Å². The lowest BCUT2D eigenvalue weighted by Gasteiger charge is -2.26. The van der Waals surface area contributed by atoms with E-state index in [1.54, 1.807) is 12.1 Å². The van der Waals surface area contributed by atoms with Crippen LogP contribution in [0, 0.1) is 5.92 Å². The molecule has 0 bridgehead atoms. The maximum Gasteiger partial charge on any atom is 0.573 e. The summed E-state index contributed by atoms with van der Waals surface area (Å²) in [6.45, 7) is 0.881. The summed E-state index contributed by atoms with van der Waals surface area (Å²) in [7, 11) is 0. The number of ether oxygens (including phenoxy) is 1. The number of alkyl halides is 3. The number of nitrogens with one attached hydrogen (secondary N) is 1. The summed E-state index contributed by atoms with van der Waals surface area (Å²) in [5.74, 6) is 0.317. The Morgan fingerprint density at radius 3 is 2.47 bits per heavy atom. The standard InChI is InChI=1S/C30H36F3N3O2/c31-30(32,33)38-28-9-5-4-8-25(28)21-10-15-27-26(16-21)22(19-36(27)18-20-6-2-1-3-7-20)17-29(37)35-24-13-11-23(34)12-14-24/h4-5,8-10,15-16,19-20,23-24H,1-3,6-7,11-14,17-18,34H2,(H,35,37)/t23-,24-. The van der Waals surface area contributed by atoms with Crippen molar-refractivity contribution in [2.75, 3.05) is 0 Å². The highest BCUT2D eigenvalue weighted by Gasteiger charge is 2.32. The molecule has 2 aliphatic rings. The van der Waals surface area contributed by atoms with Gasteiger partial charge in [0, 0.05) is 41.3 Å². The van der Waals surface area contributed by atoms with E-state index in [0.29, 0.717) is 17.0 Å². The fourth-order valence-corrected chi connectivity index (χ4v) is 6.11. The van der Waals surface area contributed by atoms with Crippen LogP contribution in [0.2, 0.25) is 0 Å². The van der Waals surface area contributed by atoms with Gasteiger partial charge in [-0.05, 0) is 73.8 Å². The molecule has 0 atom stereocenters. The molecule has 0 aliphatic heterocycles. The third-order valence-corrected chi connectivity index (χ3v) is 8.05. The highest BCUT2D eigenvalue weighted by Crippen LogP contribution is 2.37. The van der Waals surface area contributed by atoms with Crippen molar-refractivity contribution in [1.82, 2.24) is 9.88 Å². The Labute approximate surface area is 221 Å². The third kappa shape index (κ3) is 6.52. The highest BCUT2D eigenvalue weighted by molar-refractivity contribution is 5.93. The van der Waals surface area contributed by atoms with E-state index in [1.807, 2.05) is 18.2 Å². The average molecular weight is 528 g/mol. The lowest BCUT2D eigenvalue weighted by Crippen LogP contribution is -2.41. The molecule has 5 rings (SSSR count). The first kappa shape index (κ1) is 26.6. The number of aromatic nitrogens is 1. The second-order valence-electron chi connectivity index (χ2n) is 10.9. The minimum absolute atomic E-state index is 0.0339. The Bertz CT molecular complexity index is 1260. The van der Waals surface area contributed by atoms with Crippen LogP contribution in [0.25, 0.3) is 22.0 Å². The number of para-hydroxylation sites is 1. The van der Waals surface area contributed by atoms with E-state index in [9.17, 15) is 18.0 Å². The van der Waals surface area contributed by atoms with E-state index < -0.39 is 6.36 Å². The number of carbonyl (C=O) groups is 1. The topological polar surface area (TPSA) is 69.3 Å². The molecular formula is C30H36F3N3O2. The second kappa shape index (κ2) is 11.4. The van der Waals surface area contributed by atoms with Gasteiger partial charge in [0.15, 0.2) is 0 Å². The van der Waals surface area contributed by atoms with Crippen molar-refractivity contribution in [1.29, 1.82) is 0 Å². The Balaban J connectivity index is 1.46. The van der Waals surface area contributed by atoms with Gasteiger partial charge in [-0.3, -0.25) is 4.79 Å². The highest BCUT2D eigenvalue weighted by atomic mass is 19.4. The fraction of sp³-hybridized carbons (Fsp3) is 0.500. The Morgan fingerprint density at radius 1 is 1.00 bits per heavy atom. The van der Waals surface area contributed by atoms with E-state index in [1.165, 1.54) is 44.2 Å². The average Bonchev–Trinajstić information content (AvgIpc) is 3.21. The van der Waals surface area contributed by atoms with Crippen molar-refractivity contribution in [3.8, 4) is 16.9 Å². The molecule has 1 aromatic heterocycles. The van der Waals surface area contributed by atoms with Crippen molar-refractivity contribution >= 4 is 16.8 Å². The summed E-state index contributed by atoms with van der Waals surface area (Å²) in [5, 5.41) is 4.07. The van der Waals surface area contributed by atoms with Crippen molar-refractivity contribution in [2.24, 2.45) is 11.7 Å². The van der Waals surface area contributed by atoms with E-state index >= 15 is 0 Å². The Kier molecular flexibility index (Phi) is 7.98. The molecule has 8 heteroatoms.